The lowest BCUT2D eigenvalue weighted by molar-refractivity contribution is 0.238. The van der Waals surface area contributed by atoms with Crippen LogP contribution in [-0.4, -0.2) is 29.9 Å². The number of rotatable bonds is 3. The molecular weight excluding hydrogens is 209 g/mol. The topological polar surface area (TPSA) is 43.7 Å². The van der Waals surface area contributed by atoms with Crippen LogP contribution in [0.2, 0.25) is 0 Å². The highest BCUT2D eigenvalue weighted by Crippen LogP contribution is 2.26. The van der Waals surface area contributed by atoms with Crippen LogP contribution in [0.4, 0.5) is 10.1 Å². The van der Waals surface area contributed by atoms with Crippen LogP contribution in [0, 0.1) is 11.7 Å². The minimum Gasteiger partial charge on any atom is -0.396 e. The van der Waals surface area contributed by atoms with E-state index >= 15 is 0 Å². The van der Waals surface area contributed by atoms with Crippen LogP contribution in [0.5, 0.6) is 0 Å². The van der Waals surface area contributed by atoms with Gasteiger partial charge in [0.15, 0.2) is 0 Å². The summed E-state index contributed by atoms with van der Waals surface area (Å²) in [6.45, 7) is 1.50. The Labute approximate surface area is 94.1 Å². The molecule has 0 bridgehead atoms. The minimum absolute atomic E-state index is 0.142. The van der Waals surface area contributed by atoms with E-state index in [0.717, 1.165) is 13.0 Å². The Morgan fingerprint density at radius 1 is 1.38 bits per heavy atom. The molecule has 2 rings (SSSR count). The van der Waals surface area contributed by atoms with Crippen molar-refractivity contribution >= 4 is 5.69 Å². The number of nitrogens with zero attached hydrogens (tertiary/aromatic N) is 1. The summed E-state index contributed by atoms with van der Waals surface area (Å²) in [5.74, 6) is -0.0536. The standard InChI is InChI=1S/C12H16FNO2/c13-11-5-9(7-15)1-2-12(11)14-4-3-10(6-14)8-16/h1-2,5,10,15-16H,3-4,6-8H2. The van der Waals surface area contributed by atoms with Crippen molar-refractivity contribution in [2.24, 2.45) is 5.92 Å². The average Bonchev–Trinajstić information content (AvgIpc) is 2.77. The van der Waals surface area contributed by atoms with E-state index < -0.39 is 0 Å². The van der Waals surface area contributed by atoms with Crippen molar-refractivity contribution in [2.45, 2.75) is 13.0 Å². The van der Waals surface area contributed by atoms with Gasteiger partial charge in [-0.2, -0.15) is 0 Å². The monoisotopic (exact) mass is 225 g/mol. The molecule has 1 aliphatic rings. The Kier molecular flexibility index (Phi) is 3.41. The van der Waals surface area contributed by atoms with Crippen molar-refractivity contribution in [1.82, 2.24) is 0 Å². The molecule has 1 aromatic rings. The molecule has 1 heterocycles. The lowest BCUT2D eigenvalue weighted by Crippen LogP contribution is -2.21. The summed E-state index contributed by atoms with van der Waals surface area (Å²) >= 11 is 0. The summed E-state index contributed by atoms with van der Waals surface area (Å²) in [7, 11) is 0. The number of aliphatic hydroxyl groups is 2. The first-order chi connectivity index (χ1) is 7.74. The molecule has 88 valence electrons. The third-order valence-electron chi connectivity index (χ3n) is 3.08. The summed E-state index contributed by atoms with van der Waals surface area (Å²) < 4.78 is 13.7. The zero-order valence-electron chi connectivity index (χ0n) is 9.06. The molecule has 1 unspecified atom stereocenters. The first kappa shape index (κ1) is 11.4. The predicted octanol–water partition coefficient (Wildman–Crippen LogP) is 1.14. The number of hydrogen-bond donors (Lipinski definition) is 2. The minimum atomic E-state index is -0.301. The molecule has 1 aromatic carbocycles. The van der Waals surface area contributed by atoms with E-state index in [4.69, 9.17) is 10.2 Å². The summed E-state index contributed by atoms with van der Waals surface area (Å²) in [4.78, 5) is 1.94. The Balaban J connectivity index is 2.15. The van der Waals surface area contributed by atoms with Crippen molar-refractivity contribution in [3.05, 3.63) is 29.6 Å². The molecule has 1 saturated heterocycles. The molecule has 1 aliphatic heterocycles. The van der Waals surface area contributed by atoms with Gasteiger partial charge in [0.1, 0.15) is 5.82 Å². The van der Waals surface area contributed by atoms with E-state index in [1.165, 1.54) is 6.07 Å². The van der Waals surface area contributed by atoms with Crippen LogP contribution in [0.15, 0.2) is 18.2 Å². The molecule has 1 atom stereocenters. The number of benzene rings is 1. The summed E-state index contributed by atoms with van der Waals surface area (Å²) in [6.07, 6.45) is 0.900. The largest absolute Gasteiger partial charge is 0.396 e. The summed E-state index contributed by atoms with van der Waals surface area (Å²) in [6, 6.07) is 4.78. The van der Waals surface area contributed by atoms with Gasteiger partial charge in [0.05, 0.1) is 12.3 Å². The van der Waals surface area contributed by atoms with Crippen LogP contribution in [0.3, 0.4) is 0 Å². The van der Waals surface area contributed by atoms with Gasteiger partial charge in [0.25, 0.3) is 0 Å². The zero-order valence-corrected chi connectivity index (χ0v) is 9.06. The maximum atomic E-state index is 13.7. The van der Waals surface area contributed by atoms with Crippen molar-refractivity contribution in [3.63, 3.8) is 0 Å². The smallest absolute Gasteiger partial charge is 0.146 e. The maximum absolute atomic E-state index is 13.7. The highest BCUT2D eigenvalue weighted by Gasteiger charge is 2.23. The molecule has 1 fully saturated rings. The molecule has 0 aromatic heterocycles. The maximum Gasteiger partial charge on any atom is 0.146 e. The van der Waals surface area contributed by atoms with Crippen LogP contribution >= 0.6 is 0 Å². The van der Waals surface area contributed by atoms with Gasteiger partial charge >= 0.3 is 0 Å². The Morgan fingerprint density at radius 2 is 2.19 bits per heavy atom. The number of hydrogen-bond acceptors (Lipinski definition) is 3. The number of anilines is 1. The first-order valence-corrected chi connectivity index (χ1v) is 5.49. The number of halogens is 1. The SMILES string of the molecule is OCc1ccc(N2CCC(CO)C2)c(F)c1. The van der Waals surface area contributed by atoms with Crippen molar-refractivity contribution < 1.29 is 14.6 Å². The molecular formula is C12H16FNO2. The van der Waals surface area contributed by atoms with E-state index in [0.29, 0.717) is 17.8 Å². The third-order valence-corrected chi connectivity index (χ3v) is 3.08. The average molecular weight is 225 g/mol. The fraction of sp³-hybridized carbons (Fsp3) is 0.500. The van der Waals surface area contributed by atoms with Crippen LogP contribution in [0.25, 0.3) is 0 Å². The molecule has 16 heavy (non-hydrogen) atoms. The van der Waals surface area contributed by atoms with E-state index in [9.17, 15) is 4.39 Å². The lowest BCUT2D eigenvalue weighted by atomic mass is 10.1. The van der Waals surface area contributed by atoms with Gasteiger partial charge in [-0.15, -0.1) is 0 Å². The van der Waals surface area contributed by atoms with Gasteiger partial charge in [-0.25, -0.2) is 4.39 Å². The molecule has 0 amide bonds. The molecule has 0 spiro atoms. The number of aliphatic hydroxyl groups excluding tert-OH is 2. The van der Waals surface area contributed by atoms with E-state index in [1.54, 1.807) is 12.1 Å². The van der Waals surface area contributed by atoms with Crippen molar-refractivity contribution in [2.75, 3.05) is 24.6 Å². The molecule has 2 N–H and O–H groups in total. The lowest BCUT2D eigenvalue weighted by Gasteiger charge is -2.19. The zero-order chi connectivity index (χ0) is 11.5. The Morgan fingerprint density at radius 3 is 2.75 bits per heavy atom. The van der Waals surface area contributed by atoms with E-state index in [1.807, 2.05) is 4.90 Å². The van der Waals surface area contributed by atoms with Crippen LogP contribution < -0.4 is 4.90 Å². The second-order valence-electron chi connectivity index (χ2n) is 4.23. The van der Waals surface area contributed by atoms with Crippen molar-refractivity contribution in [3.8, 4) is 0 Å². The first-order valence-electron chi connectivity index (χ1n) is 5.49. The van der Waals surface area contributed by atoms with Gasteiger partial charge in [0, 0.05) is 25.6 Å². The molecule has 4 heteroatoms. The van der Waals surface area contributed by atoms with Gasteiger partial charge in [-0.3, -0.25) is 0 Å². The van der Waals surface area contributed by atoms with Crippen LogP contribution in [0.1, 0.15) is 12.0 Å². The second-order valence-corrected chi connectivity index (χ2v) is 4.23. The quantitative estimate of drug-likeness (QED) is 0.810. The molecule has 0 saturated carbocycles. The van der Waals surface area contributed by atoms with E-state index in [2.05, 4.69) is 0 Å². The van der Waals surface area contributed by atoms with Gasteiger partial charge in [-0.1, -0.05) is 6.07 Å². The summed E-state index contributed by atoms with van der Waals surface area (Å²) in [5, 5.41) is 17.9. The molecule has 0 radical (unpaired) electrons. The highest BCUT2D eigenvalue weighted by molar-refractivity contribution is 5.50. The van der Waals surface area contributed by atoms with Crippen molar-refractivity contribution in [1.29, 1.82) is 0 Å². The fourth-order valence-electron chi connectivity index (χ4n) is 2.11. The van der Waals surface area contributed by atoms with Gasteiger partial charge in [-0.05, 0) is 24.1 Å². The normalized spacial score (nSPS) is 20.4. The van der Waals surface area contributed by atoms with Gasteiger partial charge < -0.3 is 15.1 Å². The Bertz CT molecular complexity index is 370. The van der Waals surface area contributed by atoms with Crippen LogP contribution in [-0.2, 0) is 6.61 Å². The van der Waals surface area contributed by atoms with E-state index in [-0.39, 0.29) is 24.9 Å². The highest BCUT2D eigenvalue weighted by atomic mass is 19.1. The fourth-order valence-corrected chi connectivity index (χ4v) is 2.11. The molecule has 0 aliphatic carbocycles. The second kappa shape index (κ2) is 4.80. The van der Waals surface area contributed by atoms with Gasteiger partial charge in [0.2, 0.25) is 0 Å². The summed E-state index contributed by atoms with van der Waals surface area (Å²) in [5.41, 5.74) is 1.15. The predicted molar refractivity (Wildman–Crippen MR) is 59.7 cm³/mol. The molecule has 3 nitrogen and oxygen atoms in total. The Hall–Kier alpha value is -1.13. The third kappa shape index (κ3) is 2.18.